The van der Waals surface area contributed by atoms with E-state index in [-0.39, 0.29) is 24.5 Å². The van der Waals surface area contributed by atoms with E-state index in [1.54, 1.807) is 23.9 Å². The first-order valence-electron chi connectivity index (χ1n) is 8.66. The first-order chi connectivity index (χ1) is 12.2. The summed E-state index contributed by atoms with van der Waals surface area (Å²) in [6.45, 7) is 1.73. The number of thioether (sulfide) groups is 1. The maximum atomic E-state index is 12.5. The molecule has 1 aliphatic rings. The number of hydrogen-bond donors (Lipinski definition) is 3. The minimum atomic E-state index is -0.519. The van der Waals surface area contributed by atoms with Crippen LogP contribution in [0.2, 0.25) is 0 Å². The minimum absolute atomic E-state index is 0.0968. The van der Waals surface area contributed by atoms with E-state index in [2.05, 4.69) is 16.0 Å². The normalized spacial score (nSPS) is 16.0. The van der Waals surface area contributed by atoms with Gasteiger partial charge >= 0.3 is 0 Å². The predicted molar refractivity (Wildman–Crippen MR) is 101 cm³/mol. The minimum Gasteiger partial charge on any atom is -0.484 e. The molecular formula is C18H27N3O3S. The number of benzene rings is 1. The van der Waals surface area contributed by atoms with Gasteiger partial charge in [0.15, 0.2) is 6.61 Å². The number of nitrogens with one attached hydrogen (secondary N) is 3. The summed E-state index contributed by atoms with van der Waals surface area (Å²) in [5.41, 5.74) is 0. The van der Waals surface area contributed by atoms with Gasteiger partial charge in [0.1, 0.15) is 11.8 Å². The first kappa shape index (κ1) is 19.6. The summed E-state index contributed by atoms with van der Waals surface area (Å²) in [7, 11) is 0. The van der Waals surface area contributed by atoms with Crippen LogP contribution in [0.1, 0.15) is 19.3 Å². The van der Waals surface area contributed by atoms with E-state index in [4.69, 9.17) is 4.74 Å². The number of hydrogen-bond acceptors (Lipinski definition) is 5. The van der Waals surface area contributed by atoms with Crippen molar-refractivity contribution in [2.75, 3.05) is 31.7 Å². The highest BCUT2D eigenvalue weighted by atomic mass is 32.2. The summed E-state index contributed by atoms with van der Waals surface area (Å²) in [4.78, 5) is 24.7. The molecule has 0 radical (unpaired) electrons. The largest absolute Gasteiger partial charge is 0.484 e. The van der Waals surface area contributed by atoms with Gasteiger partial charge in [-0.25, -0.2) is 0 Å². The Kier molecular flexibility index (Phi) is 8.62. The number of ether oxygens (including phenoxy) is 1. The number of piperidine rings is 1. The van der Waals surface area contributed by atoms with Gasteiger partial charge in [0, 0.05) is 6.04 Å². The van der Waals surface area contributed by atoms with E-state index in [0.29, 0.717) is 12.2 Å². The van der Waals surface area contributed by atoms with Crippen LogP contribution in [-0.4, -0.2) is 55.6 Å². The van der Waals surface area contributed by atoms with Crippen molar-refractivity contribution >= 4 is 23.6 Å². The maximum Gasteiger partial charge on any atom is 0.258 e. The topological polar surface area (TPSA) is 79.5 Å². The van der Waals surface area contributed by atoms with Crippen molar-refractivity contribution in [3.05, 3.63) is 30.3 Å². The van der Waals surface area contributed by atoms with Crippen molar-refractivity contribution < 1.29 is 14.3 Å². The summed E-state index contributed by atoms with van der Waals surface area (Å²) >= 11 is 1.66. The average Bonchev–Trinajstić information content (AvgIpc) is 2.65. The Morgan fingerprint density at radius 2 is 2.00 bits per heavy atom. The monoisotopic (exact) mass is 365 g/mol. The standard InChI is InChI=1S/C18H27N3O3S/c1-25-12-9-16(18(23)20-14-7-10-19-11-8-14)21-17(22)13-24-15-5-3-2-4-6-15/h2-6,14,16,19H,7-13H2,1H3,(H,20,23)(H,21,22). The molecule has 25 heavy (non-hydrogen) atoms. The van der Waals surface area contributed by atoms with E-state index < -0.39 is 6.04 Å². The fraction of sp³-hybridized carbons (Fsp3) is 0.556. The van der Waals surface area contributed by atoms with Gasteiger partial charge in [-0.05, 0) is 56.5 Å². The SMILES string of the molecule is CSCCC(NC(=O)COc1ccccc1)C(=O)NC1CCNCC1. The van der Waals surface area contributed by atoms with Crippen LogP contribution in [0.4, 0.5) is 0 Å². The lowest BCUT2D eigenvalue weighted by atomic mass is 10.1. The predicted octanol–water partition coefficient (Wildman–Crippen LogP) is 1.17. The number of para-hydroxylation sites is 1. The maximum absolute atomic E-state index is 12.5. The third-order valence-corrected chi connectivity index (χ3v) is 4.70. The molecule has 1 heterocycles. The smallest absolute Gasteiger partial charge is 0.258 e. The molecule has 138 valence electrons. The highest BCUT2D eigenvalue weighted by molar-refractivity contribution is 7.98. The van der Waals surface area contributed by atoms with Gasteiger partial charge in [-0.1, -0.05) is 18.2 Å². The molecule has 0 bridgehead atoms. The molecule has 2 amide bonds. The Balaban J connectivity index is 1.82. The van der Waals surface area contributed by atoms with Crippen molar-refractivity contribution in [2.24, 2.45) is 0 Å². The van der Waals surface area contributed by atoms with Crippen LogP contribution in [-0.2, 0) is 9.59 Å². The van der Waals surface area contributed by atoms with Crippen LogP contribution in [0.25, 0.3) is 0 Å². The van der Waals surface area contributed by atoms with Crippen LogP contribution in [0.15, 0.2) is 30.3 Å². The Hall–Kier alpha value is -1.73. The summed E-state index contributed by atoms with van der Waals surface area (Å²) in [6.07, 6.45) is 4.44. The van der Waals surface area contributed by atoms with E-state index in [9.17, 15) is 9.59 Å². The number of carbonyl (C=O) groups is 2. The zero-order chi connectivity index (χ0) is 17.9. The number of carbonyl (C=O) groups excluding carboxylic acids is 2. The molecular weight excluding hydrogens is 338 g/mol. The third-order valence-electron chi connectivity index (χ3n) is 4.06. The van der Waals surface area contributed by atoms with Crippen molar-refractivity contribution in [1.29, 1.82) is 0 Å². The average molecular weight is 365 g/mol. The van der Waals surface area contributed by atoms with E-state index in [1.165, 1.54) is 0 Å². The Labute approximate surface area is 153 Å². The van der Waals surface area contributed by atoms with Crippen LogP contribution in [0, 0.1) is 0 Å². The fourth-order valence-electron chi connectivity index (χ4n) is 2.67. The van der Waals surface area contributed by atoms with E-state index in [1.807, 2.05) is 24.5 Å². The second-order valence-electron chi connectivity index (χ2n) is 6.04. The lowest BCUT2D eigenvalue weighted by molar-refractivity contribution is -0.130. The fourth-order valence-corrected chi connectivity index (χ4v) is 3.15. The molecule has 1 aromatic carbocycles. The molecule has 0 spiro atoms. The summed E-state index contributed by atoms with van der Waals surface area (Å²) in [5, 5.41) is 9.14. The lowest BCUT2D eigenvalue weighted by Gasteiger charge is -2.26. The quantitative estimate of drug-likeness (QED) is 0.612. The van der Waals surface area contributed by atoms with Gasteiger partial charge in [0.05, 0.1) is 0 Å². The van der Waals surface area contributed by atoms with Crippen molar-refractivity contribution in [3.8, 4) is 5.75 Å². The van der Waals surface area contributed by atoms with E-state index >= 15 is 0 Å². The molecule has 1 fully saturated rings. The van der Waals surface area contributed by atoms with Crippen LogP contribution < -0.4 is 20.7 Å². The van der Waals surface area contributed by atoms with Gasteiger partial charge < -0.3 is 20.7 Å². The van der Waals surface area contributed by atoms with Crippen LogP contribution >= 0.6 is 11.8 Å². The molecule has 1 aromatic rings. The Morgan fingerprint density at radius 3 is 2.68 bits per heavy atom. The highest BCUT2D eigenvalue weighted by Gasteiger charge is 2.24. The van der Waals surface area contributed by atoms with Gasteiger partial charge in [-0.15, -0.1) is 0 Å². The van der Waals surface area contributed by atoms with Gasteiger partial charge in [0.25, 0.3) is 5.91 Å². The Morgan fingerprint density at radius 1 is 1.28 bits per heavy atom. The second kappa shape index (κ2) is 11.0. The molecule has 0 aromatic heterocycles. The first-order valence-corrected chi connectivity index (χ1v) is 10.1. The van der Waals surface area contributed by atoms with Gasteiger partial charge in [-0.3, -0.25) is 9.59 Å². The molecule has 3 N–H and O–H groups in total. The Bertz CT molecular complexity index is 536. The summed E-state index contributed by atoms with van der Waals surface area (Å²) < 4.78 is 5.45. The summed E-state index contributed by atoms with van der Waals surface area (Å²) in [6, 6.07) is 8.83. The zero-order valence-corrected chi connectivity index (χ0v) is 15.4. The molecule has 7 heteroatoms. The molecule has 6 nitrogen and oxygen atoms in total. The molecule has 1 atom stereocenters. The van der Waals surface area contributed by atoms with Gasteiger partial charge in [0.2, 0.25) is 5.91 Å². The number of amides is 2. The van der Waals surface area contributed by atoms with E-state index in [0.717, 1.165) is 31.7 Å². The van der Waals surface area contributed by atoms with Crippen LogP contribution in [0.3, 0.4) is 0 Å². The molecule has 1 unspecified atom stereocenters. The van der Waals surface area contributed by atoms with Crippen LogP contribution in [0.5, 0.6) is 5.75 Å². The molecule has 0 aliphatic carbocycles. The van der Waals surface area contributed by atoms with Crippen molar-refractivity contribution in [3.63, 3.8) is 0 Å². The van der Waals surface area contributed by atoms with Gasteiger partial charge in [-0.2, -0.15) is 11.8 Å². The second-order valence-corrected chi connectivity index (χ2v) is 7.02. The molecule has 1 aliphatic heterocycles. The van der Waals surface area contributed by atoms with Crippen molar-refractivity contribution in [2.45, 2.75) is 31.3 Å². The zero-order valence-electron chi connectivity index (χ0n) is 14.6. The number of rotatable bonds is 9. The lowest BCUT2D eigenvalue weighted by Crippen LogP contribution is -2.52. The highest BCUT2D eigenvalue weighted by Crippen LogP contribution is 2.08. The molecule has 2 rings (SSSR count). The molecule has 0 saturated carbocycles. The third kappa shape index (κ3) is 7.36. The molecule has 1 saturated heterocycles. The van der Waals surface area contributed by atoms with Crippen molar-refractivity contribution in [1.82, 2.24) is 16.0 Å². The summed E-state index contributed by atoms with van der Waals surface area (Å²) in [5.74, 6) is 1.06.